The maximum atomic E-state index is 12.8. The van der Waals surface area contributed by atoms with E-state index in [9.17, 15) is 19.7 Å². The number of piperazine rings is 1. The number of ether oxygens (including phenoxy) is 1. The van der Waals surface area contributed by atoms with Gasteiger partial charge in [-0.25, -0.2) is 0 Å². The quantitative estimate of drug-likeness (QED) is 0.421. The number of carbonyl (C=O) groups excluding carboxylic acids is 2. The lowest BCUT2D eigenvalue weighted by Crippen LogP contribution is -2.49. The Hall–Kier alpha value is -3.92. The SMILES string of the molecule is COc1cc([N+](=O)[O-])ccc1NC(=O)CCN1CCN(C(=O)c2cc3ccccc3[nH]2)CC1. The lowest BCUT2D eigenvalue weighted by molar-refractivity contribution is -0.384. The molecule has 1 fully saturated rings. The highest BCUT2D eigenvalue weighted by molar-refractivity contribution is 5.98. The van der Waals surface area contributed by atoms with E-state index < -0.39 is 4.92 Å². The van der Waals surface area contributed by atoms with Crippen LogP contribution in [-0.4, -0.2) is 71.4 Å². The third kappa shape index (κ3) is 5.12. The Kier molecular flexibility index (Phi) is 6.55. The first-order valence-corrected chi connectivity index (χ1v) is 10.7. The minimum atomic E-state index is -0.517. The van der Waals surface area contributed by atoms with Crippen molar-refractivity contribution in [1.29, 1.82) is 0 Å². The van der Waals surface area contributed by atoms with Crippen LogP contribution in [0.25, 0.3) is 10.9 Å². The van der Waals surface area contributed by atoms with Crippen LogP contribution in [-0.2, 0) is 4.79 Å². The summed E-state index contributed by atoms with van der Waals surface area (Å²) in [4.78, 5) is 42.7. The molecule has 2 aromatic carbocycles. The van der Waals surface area contributed by atoms with Crippen LogP contribution in [0, 0.1) is 10.1 Å². The highest BCUT2D eigenvalue weighted by Crippen LogP contribution is 2.29. The van der Waals surface area contributed by atoms with E-state index in [1.165, 1.54) is 25.3 Å². The summed E-state index contributed by atoms with van der Waals surface area (Å²) in [5.41, 5.74) is 1.81. The molecule has 1 aromatic heterocycles. The molecule has 0 unspecified atom stereocenters. The van der Waals surface area contributed by atoms with Crippen molar-refractivity contribution in [2.45, 2.75) is 6.42 Å². The molecular weight excluding hydrogens is 426 g/mol. The van der Waals surface area contributed by atoms with Crippen LogP contribution in [0.4, 0.5) is 11.4 Å². The van der Waals surface area contributed by atoms with E-state index in [2.05, 4.69) is 15.2 Å². The molecule has 4 rings (SSSR count). The number of nitro benzene ring substituents is 1. The van der Waals surface area contributed by atoms with Crippen molar-refractivity contribution in [1.82, 2.24) is 14.8 Å². The molecule has 0 spiro atoms. The first-order chi connectivity index (χ1) is 15.9. The van der Waals surface area contributed by atoms with Crippen LogP contribution >= 0.6 is 0 Å². The molecule has 2 amide bonds. The summed E-state index contributed by atoms with van der Waals surface area (Å²) < 4.78 is 5.15. The molecule has 1 saturated heterocycles. The number of amides is 2. The number of anilines is 1. The molecule has 0 bridgehead atoms. The maximum Gasteiger partial charge on any atom is 0.273 e. The van der Waals surface area contributed by atoms with Gasteiger partial charge < -0.3 is 19.9 Å². The van der Waals surface area contributed by atoms with E-state index in [-0.39, 0.29) is 29.7 Å². The summed E-state index contributed by atoms with van der Waals surface area (Å²) in [7, 11) is 1.39. The van der Waals surface area contributed by atoms with Gasteiger partial charge in [0, 0.05) is 56.1 Å². The van der Waals surface area contributed by atoms with Gasteiger partial charge in [0.1, 0.15) is 11.4 Å². The number of hydrogen-bond acceptors (Lipinski definition) is 6. The number of nitrogens with one attached hydrogen (secondary N) is 2. The van der Waals surface area contributed by atoms with Gasteiger partial charge in [0.05, 0.1) is 23.8 Å². The van der Waals surface area contributed by atoms with Gasteiger partial charge in [0.25, 0.3) is 11.6 Å². The monoisotopic (exact) mass is 451 g/mol. The number of non-ortho nitro benzene ring substituents is 1. The van der Waals surface area contributed by atoms with Crippen LogP contribution in [0.15, 0.2) is 48.5 Å². The van der Waals surface area contributed by atoms with Gasteiger partial charge in [-0.1, -0.05) is 18.2 Å². The van der Waals surface area contributed by atoms with Gasteiger partial charge in [-0.15, -0.1) is 0 Å². The zero-order chi connectivity index (χ0) is 23.4. The number of methoxy groups -OCH3 is 1. The van der Waals surface area contributed by atoms with E-state index in [1.807, 2.05) is 35.2 Å². The zero-order valence-corrected chi connectivity index (χ0v) is 18.2. The van der Waals surface area contributed by atoms with Crippen LogP contribution < -0.4 is 10.1 Å². The average molecular weight is 451 g/mol. The number of benzene rings is 2. The number of H-pyrrole nitrogens is 1. The van der Waals surface area contributed by atoms with Gasteiger partial charge in [-0.05, 0) is 18.2 Å². The van der Waals surface area contributed by atoms with Crippen LogP contribution in [0.5, 0.6) is 5.75 Å². The Morgan fingerprint density at radius 3 is 2.58 bits per heavy atom. The molecule has 0 atom stereocenters. The van der Waals surface area contributed by atoms with Gasteiger partial charge in [-0.2, -0.15) is 0 Å². The molecule has 0 saturated carbocycles. The van der Waals surface area contributed by atoms with Gasteiger partial charge >= 0.3 is 0 Å². The Labute approximate surface area is 190 Å². The molecule has 10 nitrogen and oxygen atoms in total. The summed E-state index contributed by atoms with van der Waals surface area (Å²) in [5, 5.41) is 14.7. The maximum absolute atomic E-state index is 12.8. The predicted molar refractivity (Wildman–Crippen MR) is 124 cm³/mol. The lowest BCUT2D eigenvalue weighted by atomic mass is 10.2. The number of aromatic nitrogens is 1. The summed E-state index contributed by atoms with van der Waals surface area (Å²) in [5.74, 6) is 0.00856. The van der Waals surface area contributed by atoms with Crippen LogP contribution in [0.1, 0.15) is 16.9 Å². The molecule has 10 heteroatoms. The highest BCUT2D eigenvalue weighted by Gasteiger charge is 2.23. The van der Waals surface area contributed by atoms with Crippen molar-refractivity contribution in [2.75, 3.05) is 45.2 Å². The molecule has 1 aliphatic rings. The summed E-state index contributed by atoms with van der Waals surface area (Å²) in [6.07, 6.45) is 0.260. The summed E-state index contributed by atoms with van der Waals surface area (Å²) >= 11 is 0. The largest absolute Gasteiger partial charge is 0.494 e. The molecule has 2 heterocycles. The number of hydrogen-bond donors (Lipinski definition) is 2. The van der Waals surface area contributed by atoms with E-state index >= 15 is 0 Å². The Morgan fingerprint density at radius 1 is 1.12 bits per heavy atom. The molecule has 1 aliphatic heterocycles. The molecule has 33 heavy (non-hydrogen) atoms. The summed E-state index contributed by atoms with van der Waals surface area (Å²) in [6.45, 7) is 3.09. The van der Waals surface area contributed by atoms with Crippen molar-refractivity contribution < 1.29 is 19.2 Å². The average Bonchev–Trinajstić information content (AvgIpc) is 3.27. The van der Waals surface area contributed by atoms with Gasteiger partial charge in [0.2, 0.25) is 5.91 Å². The van der Waals surface area contributed by atoms with Crippen LogP contribution in [0.2, 0.25) is 0 Å². The number of rotatable bonds is 7. The number of para-hydroxylation sites is 1. The molecule has 0 aliphatic carbocycles. The van der Waals surface area contributed by atoms with E-state index in [0.29, 0.717) is 44.1 Å². The first kappa shape index (κ1) is 22.3. The molecule has 3 aromatic rings. The smallest absolute Gasteiger partial charge is 0.273 e. The Morgan fingerprint density at radius 2 is 1.88 bits per heavy atom. The topological polar surface area (TPSA) is 121 Å². The van der Waals surface area contributed by atoms with E-state index in [1.54, 1.807) is 0 Å². The normalized spacial score (nSPS) is 14.3. The van der Waals surface area contributed by atoms with Crippen molar-refractivity contribution in [3.8, 4) is 5.75 Å². The predicted octanol–water partition coefficient (Wildman–Crippen LogP) is 2.87. The van der Waals surface area contributed by atoms with Gasteiger partial charge in [-0.3, -0.25) is 24.6 Å². The van der Waals surface area contributed by atoms with Gasteiger partial charge in [0.15, 0.2) is 0 Å². The third-order valence-electron chi connectivity index (χ3n) is 5.74. The number of fused-ring (bicyclic) bond motifs is 1. The van der Waals surface area contributed by atoms with E-state index in [4.69, 9.17) is 4.74 Å². The number of nitro groups is 1. The minimum Gasteiger partial charge on any atom is -0.494 e. The third-order valence-corrected chi connectivity index (χ3v) is 5.74. The second-order valence-electron chi connectivity index (χ2n) is 7.84. The van der Waals surface area contributed by atoms with Crippen molar-refractivity contribution in [2.24, 2.45) is 0 Å². The molecule has 0 radical (unpaired) electrons. The molecule has 2 N–H and O–H groups in total. The summed E-state index contributed by atoms with van der Waals surface area (Å²) in [6, 6.07) is 13.7. The Balaban J connectivity index is 1.26. The zero-order valence-electron chi connectivity index (χ0n) is 18.2. The fraction of sp³-hybridized carbons (Fsp3) is 0.304. The Bertz CT molecular complexity index is 1150. The first-order valence-electron chi connectivity index (χ1n) is 10.7. The second-order valence-corrected chi connectivity index (χ2v) is 7.84. The molecular formula is C23H25N5O5. The molecule has 172 valence electrons. The number of aromatic amines is 1. The van der Waals surface area contributed by atoms with Crippen molar-refractivity contribution in [3.05, 3.63) is 64.3 Å². The fourth-order valence-corrected chi connectivity index (χ4v) is 3.90. The van der Waals surface area contributed by atoms with Crippen LogP contribution in [0.3, 0.4) is 0 Å². The van der Waals surface area contributed by atoms with Crippen molar-refractivity contribution >= 4 is 34.1 Å². The minimum absolute atomic E-state index is 0.0196. The van der Waals surface area contributed by atoms with E-state index in [0.717, 1.165) is 10.9 Å². The second kappa shape index (κ2) is 9.70. The number of carbonyl (C=O) groups is 2. The lowest BCUT2D eigenvalue weighted by Gasteiger charge is -2.34. The fourth-order valence-electron chi connectivity index (χ4n) is 3.90. The number of nitrogens with zero attached hydrogens (tertiary/aromatic N) is 3. The highest BCUT2D eigenvalue weighted by atomic mass is 16.6. The standard InChI is InChI=1S/C23H25N5O5/c1-33-21-15-17(28(31)32)6-7-19(21)25-22(29)8-9-26-10-12-27(13-11-26)23(30)20-14-16-4-2-3-5-18(16)24-20/h2-7,14-15,24H,8-13H2,1H3,(H,25,29). The van der Waals surface area contributed by atoms with Crippen molar-refractivity contribution in [3.63, 3.8) is 0 Å².